The van der Waals surface area contributed by atoms with Crippen LogP contribution in [0.2, 0.25) is 0 Å². The molecule has 0 spiro atoms. The molecule has 0 saturated carbocycles. The maximum absolute atomic E-state index is 12.6. The first-order valence-electron chi connectivity index (χ1n) is 8.01. The number of hydrogen-bond donors (Lipinski definition) is 0. The molecule has 4 rings (SSSR count). The SMILES string of the molecule is Cc1nc(CN2CC3CN(C(=O)c4ccnn4C)CC3C2)cs1. The van der Waals surface area contributed by atoms with Crippen LogP contribution in [0.1, 0.15) is 21.2 Å². The van der Waals surface area contributed by atoms with Gasteiger partial charge in [-0.2, -0.15) is 5.10 Å². The lowest BCUT2D eigenvalue weighted by molar-refractivity contribution is 0.0762. The van der Waals surface area contributed by atoms with E-state index in [4.69, 9.17) is 0 Å². The van der Waals surface area contributed by atoms with E-state index in [1.807, 2.05) is 11.9 Å². The van der Waals surface area contributed by atoms with Crippen LogP contribution in [0.25, 0.3) is 0 Å². The highest BCUT2D eigenvalue weighted by Gasteiger charge is 2.42. The molecule has 0 bridgehead atoms. The molecule has 2 aromatic rings. The number of thiazole rings is 1. The number of carbonyl (C=O) groups excluding carboxylic acids is 1. The van der Waals surface area contributed by atoms with E-state index in [1.165, 1.54) is 5.69 Å². The molecule has 122 valence electrons. The van der Waals surface area contributed by atoms with Gasteiger partial charge in [0.15, 0.2) is 0 Å². The number of amides is 1. The standard InChI is InChI=1S/C16H21N5OS/c1-11-18-14(10-23-11)9-20-5-12-7-21(8-13(12)6-20)16(22)15-3-4-17-19(15)2/h3-4,10,12-13H,5-9H2,1-2H3. The molecule has 2 aromatic heterocycles. The largest absolute Gasteiger partial charge is 0.337 e. The fraction of sp³-hybridized carbons (Fsp3) is 0.562. The number of nitrogens with zero attached hydrogens (tertiary/aromatic N) is 5. The van der Waals surface area contributed by atoms with Crippen LogP contribution in [-0.4, -0.2) is 56.7 Å². The fourth-order valence-electron chi connectivity index (χ4n) is 3.84. The fourth-order valence-corrected chi connectivity index (χ4v) is 4.44. The third-order valence-electron chi connectivity index (χ3n) is 4.94. The van der Waals surface area contributed by atoms with E-state index >= 15 is 0 Å². The number of likely N-dealkylation sites (tertiary alicyclic amines) is 2. The van der Waals surface area contributed by atoms with Gasteiger partial charge in [-0.15, -0.1) is 11.3 Å². The Labute approximate surface area is 139 Å². The van der Waals surface area contributed by atoms with Crippen molar-refractivity contribution in [3.63, 3.8) is 0 Å². The van der Waals surface area contributed by atoms with Crippen LogP contribution in [0, 0.1) is 18.8 Å². The monoisotopic (exact) mass is 331 g/mol. The van der Waals surface area contributed by atoms with Crippen LogP contribution < -0.4 is 0 Å². The Morgan fingerprint density at radius 2 is 2.04 bits per heavy atom. The summed E-state index contributed by atoms with van der Waals surface area (Å²) >= 11 is 1.71. The average molecular weight is 331 g/mol. The van der Waals surface area contributed by atoms with Gasteiger partial charge in [0.1, 0.15) is 5.69 Å². The van der Waals surface area contributed by atoms with E-state index in [0.717, 1.165) is 37.7 Å². The highest BCUT2D eigenvalue weighted by Crippen LogP contribution is 2.32. The highest BCUT2D eigenvalue weighted by atomic mass is 32.1. The maximum Gasteiger partial charge on any atom is 0.272 e. The smallest absolute Gasteiger partial charge is 0.272 e. The second-order valence-electron chi connectivity index (χ2n) is 6.62. The minimum Gasteiger partial charge on any atom is -0.337 e. The number of carbonyl (C=O) groups is 1. The molecule has 0 aliphatic carbocycles. The summed E-state index contributed by atoms with van der Waals surface area (Å²) in [4.78, 5) is 21.6. The molecule has 0 radical (unpaired) electrons. The van der Waals surface area contributed by atoms with Gasteiger partial charge in [-0.25, -0.2) is 4.98 Å². The molecule has 2 saturated heterocycles. The van der Waals surface area contributed by atoms with Crippen LogP contribution >= 0.6 is 11.3 Å². The first-order valence-corrected chi connectivity index (χ1v) is 8.89. The van der Waals surface area contributed by atoms with Gasteiger partial charge in [-0.1, -0.05) is 0 Å². The van der Waals surface area contributed by atoms with Crippen molar-refractivity contribution in [1.82, 2.24) is 24.6 Å². The maximum atomic E-state index is 12.6. The molecule has 23 heavy (non-hydrogen) atoms. The van der Waals surface area contributed by atoms with Crippen molar-refractivity contribution in [1.29, 1.82) is 0 Å². The molecule has 2 aliphatic heterocycles. The van der Waals surface area contributed by atoms with Gasteiger partial charge in [0.2, 0.25) is 0 Å². The quantitative estimate of drug-likeness (QED) is 0.853. The summed E-state index contributed by atoms with van der Waals surface area (Å²) in [6, 6.07) is 1.80. The Balaban J connectivity index is 1.36. The molecule has 0 N–H and O–H groups in total. The summed E-state index contributed by atoms with van der Waals surface area (Å²) < 4.78 is 1.66. The van der Waals surface area contributed by atoms with E-state index in [0.29, 0.717) is 17.5 Å². The molecule has 0 aromatic carbocycles. The Morgan fingerprint density at radius 1 is 1.30 bits per heavy atom. The minimum absolute atomic E-state index is 0.112. The summed E-state index contributed by atoms with van der Waals surface area (Å²) in [6.07, 6.45) is 1.68. The first-order chi connectivity index (χ1) is 11.1. The van der Waals surface area contributed by atoms with Crippen molar-refractivity contribution in [2.75, 3.05) is 26.2 Å². The van der Waals surface area contributed by atoms with Crippen molar-refractivity contribution in [2.45, 2.75) is 13.5 Å². The third-order valence-corrected chi connectivity index (χ3v) is 5.76. The second-order valence-corrected chi connectivity index (χ2v) is 7.68. The molecule has 2 unspecified atom stereocenters. The summed E-state index contributed by atoms with van der Waals surface area (Å²) in [5.41, 5.74) is 1.86. The summed E-state index contributed by atoms with van der Waals surface area (Å²) in [5.74, 6) is 1.29. The number of aryl methyl sites for hydroxylation is 2. The zero-order chi connectivity index (χ0) is 16.0. The van der Waals surface area contributed by atoms with Gasteiger partial charge in [0, 0.05) is 51.3 Å². The molecule has 4 heterocycles. The van der Waals surface area contributed by atoms with E-state index in [1.54, 1.807) is 28.3 Å². The van der Waals surface area contributed by atoms with Crippen LogP contribution in [0.4, 0.5) is 0 Å². The summed E-state index contributed by atoms with van der Waals surface area (Å²) in [7, 11) is 1.82. The van der Waals surface area contributed by atoms with Gasteiger partial charge >= 0.3 is 0 Å². The van der Waals surface area contributed by atoms with Crippen molar-refractivity contribution < 1.29 is 4.79 Å². The molecular weight excluding hydrogens is 310 g/mol. The first kappa shape index (κ1) is 14.8. The van der Waals surface area contributed by atoms with E-state index in [2.05, 4.69) is 27.3 Å². The van der Waals surface area contributed by atoms with Crippen molar-refractivity contribution in [3.8, 4) is 0 Å². The molecule has 1 amide bonds. The van der Waals surface area contributed by atoms with Gasteiger partial charge < -0.3 is 4.90 Å². The van der Waals surface area contributed by atoms with Crippen LogP contribution in [0.15, 0.2) is 17.6 Å². The number of aromatic nitrogens is 3. The van der Waals surface area contributed by atoms with Crippen LogP contribution in [0.5, 0.6) is 0 Å². The predicted octanol–water partition coefficient (Wildman–Crippen LogP) is 1.39. The zero-order valence-electron chi connectivity index (χ0n) is 13.5. The van der Waals surface area contributed by atoms with E-state index < -0.39 is 0 Å². The molecule has 6 nitrogen and oxygen atoms in total. The second kappa shape index (κ2) is 5.72. The van der Waals surface area contributed by atoms with Gasteiger partial charge in [-0.05, 0) is 24.8 Å². The Hall–Kier alpha value is -1.73. The van der Waals surface area contributed by atoms with Gasteiger partial charge in [0.25, 0.3) is 5.91 Å². The van der Waals surface area contributed by atoms with Crippen LogP contribution in [0.3, 0.4) is 0 Å². The normalized spacial score (nSPS) is 24.3. The van der Waals surface area contributed by atoms with E-state index in [-0.39, 0.29) is 5.91 Å². The minimum atomic E-state index is 0.112. The molecule has 2 atom stereocenters. The number of hydrogen-bond acceptors (Lipinski definition) is 5. The van der Waals surface area contributed by atoms with Crippen molar-refractivity contribution >= 4 is 17.2 Å². The molecular formula is C16H21N5OS. The lowest BCUT2D eigenvalue weighted by Gasteiger charge is -2.21. The Kier molecular flexibility index (Phi) is 3.69. The molecule has 2 fully saturated rings. The highest BCUT2D eigenvalue weighted by molar-refractivity contribution is 7.09. The van der Waals surface area contributed by atoms with Crippen LogP contribution in [-0.2, 0) is 13.6 Å². The number of fused-ring (bicyclic) bond motifs is 1. The Bertz CT molecular complexity index is 710. The summed E-state index contributed by atoms with van der Waals surface area (Å²) in [6.45, 7) is 6.84. The Morgan fingerprint density at radius 3 is 2.61 bits per heavy atom. The lowest BCUT2D eigenvalue weighted by atomic mass is 10.0. The average Bonchev–Trinajstić information content (AvgIpc) is 3.23. The topological polar surface area (TPSA) is 54.3 Å². The number of rotatable bonds is 3. The summed E-state index contributed by atoms with van der Waals surface area (Å²) in [5, 5.41) is 7.38. The van der Waals surface area contributed by atoms with Gasteiger partial charge in [0.05, 0.1) is 10.7 Å². The third kappa shape index (κ3) is 2.79. The zero-order valence-corrected chi connectivity index (χ0v) is 14.3. The van der Waals surface area contributed by atoms with Crippen molar-refractivity contribution in [3.05, 3.63) is 34.0 Å². The molecule has 7 heteroatoms. The molecule has 2 aliphatic rings. The van der Waals surface area contributed by atoms with Gasteiger partial charge in [-0.3, -0.25) is 14.4 Å². The lowest BCUT2D eigenvalue weighted by Crippen LogP contribution is -2.34. The van der Waals surface area contributed by atoms with E-state index in [9.17, 15) is 4.79 Å². The predicted molar refractivity (Wildman–Crippen MR) is 88.2 cm³/mol. The van der Waals surface area contributed by atoms with Crippen molar-refractivity contribution in [2.24, 2.45) is 18.9 Å².